The average molecular weight is 293 g/mol. The van der Waals surface area contributed by atoms with Crippen LogP contribution in [0.5, 0.6) is 0 Å². The van der Waals surface area contributed by atoms with E-state index in [1.807, 2.05) is 4.90 Å². The van der Waals surface area contributed by atoms with Crippen molar-refractivity contribution in [2.24, 2.45) is 5.92 Å². The highest BCUT2D eigenvalue weighted by Crippen LogP contribution is 2.29. The molecular weight excluding hydrogens is 266 g/mol. The summed E-state index contributed by atoms with van der Waals surface area (Å²) in [6, 6.07) is 0.929. The Hall–Kier alpha value is -1.10. The Balaban J connectivity index is 1.54. The van der Waals surface area contributed by atoms with E-state index in [0.717, 1.165) is 32.2 Å². The summed E-state index contributed by atoms with van der Waals surface area (Å²) < 4.78 is 0. The van der Waals surface area contributed by atoms with Crippen LogP contribution in [-0.4, -0.2) is 47.9 Å². The number of carbonyl (C=O) groups is 2. The lowest BCUT2D eigenvalue weighted by Crippen LogP contribution is -2.53. The van der Waals surface area contributed by atoms with E-state index in [0.29, 0.717) is 25.0 Å². The predicted octanol–water partition coefficient (Wildman–Crippen LogP) is 1.03. The molecule has 0 aromatic rings. The quantitative estimate of drug-likeness (QED) is 0.817. The number of amides is 2. The molecule has 5 heteroatoms. The third-order valence-electron chi connectivity index (χ3n) is 5.38. The van der Waals surface area contributed by atoms with Gasteiger partial charge in [-0.3, -0.25) is 9.59 Å². The fourth-order valence-corrected chi connectivity index (χ4v) is 4.02. The summed E-state index contributed by atoms with van der Waals surface area (Å²) in [5, 5.41) is 6.56. The molecule has 0 bridgehead atoms. The minimum atomic E-state index is -0.146. The number of piperidine rings is 1. The van der Waals surface area contributed by atoms with E-state index in [1.54, 1.807) is 0 Å². The highest BCUT2D eigenvalue weighted by Gasteiger charge is 2.39. The zero-order chi connectivity index (χ0) is 14.8. The van der Waals surface area contributed by atoms with Crippen molar-refractivity contribution >= 4 is 11.8 Å². The second-order valence-electron chi connectivity index (χ2n) is 6.89. The van der Waals surface area contributed by atoms with Gasteiger partial charge in [0.25, 0.3) is 0 Å². The number of nitrogens with zero attached hydrogens (tertiary/aromatic N) is 1. The molecule has 3 atom stereocenters. The molecule has 1 aliphatic carbocycles. The molecule has 0 spiro atoms. The third kappa shape index (κ3) is 3.23. The molecule has 1 saturated carbocycles. The molecule has 2 aliphatic heterocycles. The van der Waals surface area contributed by atoms with Crippen molar-refractivity contribution in [3.63, 3.8) is 0 Å². The zero-order valence-corrected chi connectivity index (χ0v) is 12.9. The molecular formula is C16H27N3O2. The van der Waals surface area contributed by atoms with Gasteiger partial charge in [-0.05, 0) is 39.2 Å². The van der Waals surface area contributed by atoms with Crippen LogP contribution < -0.4 is 10.6 Å². The Morgan fingerprint density at radius 3 is 2.71 bits per heavy atom. The molecule has 0 aromatic carbocycles. The first-order valence-corrected chi connectivity index (χ1v) is 8.48. The van der Waals surface area contributed by atoms with E-state index >= 15 is 0 Å². The topological polar surface area (TPSA) is 61.4 Å². The third-order valence-corrected chi connectivity index (χ3v) is 5.38. The van der Waals surface area contributed by atoms with Crippen molar-refractivity contribution in [1.29, 1.82) is 0 Å². The number of rotatable bonds is 3. The van der Waals surface area contributed by atoms with Gasteiger partial charge in [0.1, 0.15) is 0 Å². The Kier molecular flexibility index (Phi) is 4.48. The number of nitrogens with one attached hydrogen (secondary N) is 2. The molecule has 21 heavy (non-hydrogen) atoms. The summed E-state index contributed by atoms with van der Waals surface area (Å²) in [4.78, 5) is 26.6. The van der Waals surface area contributed by atoms with Crippen molar-refractivity contribution in [3.05, 3.63) is 0 Å². The van der Waals surface area contributed by atoms with E-state index in [-0.39, 0.29) is 23.8 Å². The predicted molar refractivity (Wildman–Crippen MR) is 80.7 cm³/mol. The normalized spacial score (nSPS) is 34.4. The lowest BCUT2D eigenvalue weighted by molar-refractivity contribution is -0.130. The molecule has 2 N–H and O–H groups in total. The molecule has 3 fully saturated rings. The maximum Gasteiger partial charge on any atom is 0.225 e. The fraction of sp³-hybridized carbons (Fsp3) is 0.875. The lowest BCUT2D eigenvalue weighted by atomic mass is 9.98. The Morgan fingerprint density at radius 1 is 1.24 bits per heavy atom. The highest BCUT2D eigenvalue weighted by atomic mass is 16.2. The van der Waals surface area contributed by atoms with Crippen LogP contribution in [0, 0.1) is 5.92 Å². The first-order valence-electron chi connectivity index (χ1n) is 8.48. The standard InChI is InChI=1S/C16H27N3O2/c1-11-14(7-4-8-17-11)18-16(21)12-9-15(20)19(10-12)13-5-2-3-6-13/h11-14,17H,2-10H2,1H3,(H,18,21). The second kappa shape index (κ2) is 6.34. The molecule has 5 nitrogen and oxygen atoms in total. The summed E-state index contributed by atoms with van der Waals surface area (Å²) in [6.45, 7) is 3.78. The fourth-order valence-electron chi connectivity index (χ4n) is 4.02. The van der Waals surface area contributed by atoms with Gasteiger partial charge < -0.3 is 15.5 Å². The van der Waals surface area contributed by atoms with Crippen LogP contribution in [0.4, 0.5) is 0 Å². The summed E-state index contributed by atoms with van der Waals surface area (Å²) in [5.74, 6) is 0.105. The van der Waals surface area contributed by atoms with E-state index in [4.69, 9.17) is 0 Å². The summed E-state index contributed by atoms with van der Waals surface area (Å²) in [6.07, 6.45) is 7.21. The smallest absolute Gasteiger partial charge is 0.225 e. The second-order valence-corrected chi connectivity index (χ2v) is 6.89. The van der Waals surface area contributed by atoms with Gasteiger partial charge in [0.15, 0.2) is 0 Å². The van der Waals surface area contributed by atoms with E-state index in [9.17, 15) is 9.59 Å². The first kappa shape index (κ1) is 14.8. The SMILES string of the molecule is CC1NCCCC1NC(=O)C1CC(=O)N(C2CCCC2)C1. The summed E-state index contributed by atoms with van der Waals surface area (Å²) in [5.41, 5.74) is 0. The van der Waals surface area contributed by atoms with E-state index < -0.39 is 0 Å². The number of hydrogen-bond acceptors (Lipinski definition) is 3. The number of carbonyl (C=O) groups excluding carboxylic acids is 2. The first-order chi connectivity index (χ1) is 10.1. The Bertz CT molecular complexity index is 406. The van der Waals surface area contributed by atoms with Gasteiger partial charge in [0.2, 0.25) is 11.8 Å². The molecule has 118 valence electrons. The van der Waals surface area contributed by atoms with Gasteiger partial charge >= 0.3 is 0 Å². The molecule has 2 saturated heterocycles. The maximum absolute atomic E-state index is 12.4. The summed E-state index contributed by atoms with van der Waals surface area (Å²) >= 11 is 0. The Labute approximate surface area is 126 Å². The highest BCUT2D eigenvalue weighted by molar-refractivity contribution is 5.89. The Morgan fingerprint density at radius 2 is 2.00 bits per heavy atom. The molecule has 3 unspecified atom stereocenters. The van der Waals surface area contributed by atoms with Gasteiger partial charge in [-0.15, -0.1) is 0 Å². The molecule has 2 heterocycles. The molecule has 2 amide bonds. The van der Waals surface area contributed by atoms with Crippen molar-refractivity contribution in [2.75, 3.05) is 13.1 Å². The molecule has 0 aromatic heterocycles. The minimum absolute atomic E-state index is 0.0735. The van der Waals surface area contributed by atoms with Crippen LogP contribution in [0.1, 0.15) is 51.9 Å². The van der Waals surface area contributed by atoms with Gasteiger partial charge in [0, 0.05) is 31.1 Å². The van der Waals surface area contributed by atoms with Crippen molar-refractivity contribution in [1.82, 2.24) is 15.5 Å². The van der Waals surface area contributed by atoms with Gasteiger partial charge in [-0.25, -0.2) is 0 Å². The van der Waals surface area contributed by atoms with Crippen LogP contribution in [0.2, 0.25) is 0 Å². The van der Waals surface area contributed by atoms with Crippen molar-refractivity contribution in [3.8, 4) is 0 Å². The van der Waals surface area contributed by atoms with Gasteiger partial charge in [-0.1, -0.05) is 12.8 Å². The lowest BCUT2D eigenvalue weighted by Gasteiger charge is -2.31. The van der Waals surface area contributed by atoms with Crippen LogP contribution >= 0.6 is 0 Å². The molecule has 0 radical (unpaired) electrons. The van der Waals surface area contributed by atoms with Crippen LogP contribution in [-0.2, 0) is 9.59 Å². The van der Waals surface area contributed by atoms with E-state index in [1.165, 1.54) is 12.8 Å². The van der Waals surface area contributed by atoms with Gasteiger partial charge in [0.05, 0.1) is 5.92 Å². The maximum atomic E-state index is 12.4. The van der Waals surface area contributed by atoms with Crippen LogP contribution in [0.3, 0.4) is 0 Å². The average Bonchev–Trinajstić information content (AvgIpc) is 3.10. The number of hydrogen-bond donors (Lipinski definition) is 2. The van der Waals surface area contributed by atoms with Gasteiger partial charge in [-0.2, -0.15) is 0 Å². The monoisotopic (exact) mass is 293 g/mol. The molecule has 3 rings (SSSR count). The molecule has 3 aliphatic rings. The van der Waals surface area contributed by atoms with Crippen LogP contribution in [0.15, 0.2) is 0 Å². The number of likely N-dealkylation sites (tertiary alicyclic amines) is 1. The minimum Gasteiger partial charge on any atom is -0.352 e. The van der Waals surface area contributed by atoms with Crippen molar-refractivity contribution < 1.29 is 9.59 Å². The van der Waals surface area contributed by atoms with Crippen molar-refractivity contribution in [2.45, 2.75) is 70.0 Å². The zero-order valence-electron chi connectivity index (χ0n) is 12.9. The summed E-state index contributed by atoms with van der Waals surface area (Å²) in [7, 11) is 0. The largest absolute Gasteiger partial charge is 0.352 e. The van der Waals surface area contributed by atoms with Crippen LogP contribution in [0.25, 0.3) is 0 Å². The van der Waals surface area contributed by atoms with E-state index in [2.05, 4.69) is 17.6 Å².